The van der Waals surface area contributed by atoms with Gasteiger partial charge in [-0.2, -0.15) is 0 Å². The zero-order valence-corrected chi connectivity index (χ0v) is 15.1. The first-order valence-electron chi connectivity index (χ1n) is 8.57. The molecule has 0 atom stereocenters. The molecule has 0 spiro atoms. The normalized spacial score (nSPS) is 15.9. The average molecular weight is 373 g/mol. The van der Waals surface area contributed by atoms with Crippen molar-refractivity contribution in [2.75, 3.05) is 25.1 Å². The Kier molecular flexibility index (Phi) is 5.91. The second-order valence-electron chi connectivity index (χ2n) is 6.41. The average Bonchev–Trinajstić information content (AvgIpc) is 2.67. The van der Waals surface area contributed by atoms with Crippen LogP contribution in [0.1, 0.15) is 18.4 Å². The Morgan fingerprint density at radius 2 is 1.73 bits per heavy atom. The van der Waals surface area contributed by atoms with Crippen LogP contribution in [0.25, 0.3) is 0 Å². The van der Waals surface area contributed by atoms with Gasteiger partial charge in [0.15, 0.2) is 0 Å². The molecular weight excluding hydrogens is 352 g/mol. The van der Waals surface area contributed by atoms with Gasteiger partial charge in [-0.15, -0.1) is 0 Å². The number of hydrogen-bond acceptors (Lipinski definition) is 3. The molecule has 1 aliphatic rings. The van der Waals surface area contributed by atoms with Gasteiger partial charge in [0.25, 0.3) is 0 Å². The van der Waals surface area contributed by atoms with Crippen LogP contribution in [0.4, 0.5) is 5.69 Å². The molecule has 6 heteroatoms. The maximum Gasteiger partial charge on any atom is 0.313 e. The smallest absolute Gasteiger partial charge is 0.313 e. The Morgan fingerprint density at radius 1 is 1.00 bits per heavy atom. The van der Waals surface area contributed by atoms with E-state index in [9.17, 15) is 9.59 Å². The molecule has 26 heavy (non-hydrogen) atoms. The van der Waals surface area contributed by atoms with E-state index in [1.165, 1.54) is 0 Å². The van der Waals surface area contributed by atoms with Gasteiger partial charge in [-0.05, 0) is 36.6 Å². The molecule has 5 nitrogen and oxygen atoms in total. The molecule has 2 aromatic rings. The fourth-order valence-corrected chi connectivity index (χ4v) is 3.40. The van der Waals surface area contributed by atoms with Crippen LogP contribution >= 0.6 is 11.6 Å². The molecular formula is C20H21ClN2O3. The predicted molar refractivity (Wildman–Crippen MR) is 101 cm³/mol. The van der Waals surface area contributed by atoms with Crippen molar-refractivity contribution in [3.05, 3.63) is 65.2 Å². The molecule has 2 amide bonds. The molecule has 2 N–H and O–H groups in total. The first-order chi connectivity index (χ1) is 12.6. The molecule has 0 unspecified atom stereocenters. The summed E-state index contributed by atoms with van der Waals surface area (Å²) in [6.45, 7) is 1.67. The molecule has 0 aliphatic carbocycles. The standard InChI is InChI=1S/C20H21ClN2O3/c21-16-7-4-8-17(13-16)23-19(25)18(24)22-14-20(9-11-26-12-10-20)15-5-2-1-3-6-15/h1-8,13H,9-12,14H2,(H,22,24)(H,23,25). The lowest BCUT2D eigenvalue weighted by atomic mass is 9.74. The number of rotatable bonds is 4. The van der Waals surface area contributed by atoms with Crippen molar-refractivity contribution >= 4 is 29.1 Å². The van der Waals surface area contributed by atoms with Crippen molar-refractivity contribution in [3.8, 4) is 0 Å². The summed E-state index contributed by atoms with van der Waals surface area (Å²) in [4.78, 5) is 24.4. The zero-order valence-electron chi connectivity index (χ0n) is 14.3. The highest BCUT2D eigenvalue weighted by atomic mass is 35.5. The molecule has 0 aromatic heterocycles. The van der Waals surface area contributed by atoms with Gasteiger partial charge in [-0.3, -0.25) is 9.59 Å². The highest BCUT2D eigenvalue weighted by Crippen LogP contribution is 2.34. The van der Waals surface area contributed by atoms with Crippen LogP contribution in [-0.4, -0.2) is 31.6 Å². The summed E-state index contributed by atoms with van der Waals surface area (Å²) in [5.74, 6) is -1.37. The van der Waals surface area contributed by atoms with Crippen molar-refractivity contribution < 1.29 is 14.3 Å². The Balaban J connectivity index is 1.65. The molecule has 0 saturated carbocycles. The van der Waals surface area contributed by atoms with Crippen molar-refractivity contribution in [1.29, 1.82) is 0 Å². The molecule has 1 saturated heterocycles. The summed E-state index contributed by atoms with van der Waals surface area (Å²) < 4.78 is 5.49. The third-order valence-electron chi connectivity index (χ3n) is 4.71. The van der Waals surface area contributed by atoms with Gasteiger partial charge >= 0.3 is 11.8 Å². The number of carbonyl (C=O) groups is 2. The van der Waals surface area contributed by atoms with Gasteiger partial charge in [0.05, 0.1) is 0 Å². The Bertz CT molecular complexity index is 774. The lowest BCUT2D eigenvalue weighted by Crippen LogP contribution is -2.47. The molecule has 1 heterocycles. The van der Waals surface area contributed by atoms with Crippen LogP contribution in [0.3, 0.4) is 0 Å². The summed E-state index contributed by atoms with van der Waals surface area (Å²) in [6.07, 6.45) is 1.60. The number of hydrogen-bond donors (Lipinski definition) is 2. The van der Waals surface area contributed by atoms with Gasteiger partial charge in [0.2, 0.25) is 0 Å². The predicted octanol–water partition coefficient (Wildman–Crippen LogP) is 3.14. The number of benzene rings is 2. The van der Waals surface area contributed by atoms with Crippen LogP contribution in [-0.2, 0) is 19.7 Å². The quantitative estimate of drug-likeness (QED) is 0.810. The third-order valence-corrected chi connectivity index (χ3v) is 4.95. The number of halogens is 1. The molecule has 1 aliphatic heterocycles. The van der Waals surface area contributed by atoms with Gasteiger partial charge in [-0.1, -0.05) is 48.0 Å². The van der Waals surface area contributed by atoms with Crippen molar-refractivity contribution in [1.82, 2.24) is 5.32 Å². The van der Waals surface area contributed by atoms with Gasteiger partial charge in [0, 0.05) is 35.9 Å². The Labute approximate surface area is 157 Å². The van der Waals surface area contributed by atoms with Gasteiger partial charge in [0.1, 0.15) is 0 Å². The van der Waals surface area contributed by atoms with E-state index in [0.29, 0.717) is 30.5 Å². The fraction of sp³-hybridized carbons (Fsp3) is 0.300. The van der Waals surface area contributed by atoms with Crippen molar-refractivity contribution in [3.63, 3.8) is 0 Å². The largest absolute Gasteiger partial charge is 0.381 e. The van der Waals surface area contributed by atoms with Crippen LogP contribution in [0.15, 0.2) is 54.6 Å². The van der Waals surface area contributed by atoms with E-state index in [2.05, 4.69) is 22.8 Å². The number of ether oxygens (including phenoxy) is 1. The van der Waals surface area contributed by atoms with E-state index in [1.807, 2.05) is 18.2 Å². The second kappa shape index (κ2) is 8.34. The summed E-state index contributed by atoms with van der Waals surface area (Å²) in [5, 5.41) is 5.84. The topological polar surface area (TPSA) is 67.4 Å². The van der Waals surface area contributed by atoms with E-state index in [0.717, 1.165) is 18.4 Å². The zero-order chi connectivity index (χ0) is 18.4. The van der Waals surface area contributed by atoms with E-state index in [-0.39, 0.29) is 5.41 Å². The molecule has 3 rings (SSSR count). The second-order valence-corrected chi connectivity index (χ2v) is 6.84. The van der Waals surface area contributed by atoms with Crippen molar-refractivity contribution in [2.45, 2.75) is 18.3 Å². The van der Waals surface area contributed by atoms with Crippen LogP contribution < -0.4 is 10.6 Å². The van der Waals surface area contributed by atoms with Crippen molar-refractivity contribution in [2.24, 2.45) is 0 Å². The molecule has 0 radical (unpaired) electrons. The molecule has 2 aromatic carbocycles. The lowest BCUT2D eigenvalue weighted by Gasteiger charge is -2.37. The van der Waals surface area contributed by atoms with Gasteiger partial charge in [-0.25, -0.2) is 0 Å². The van der Waals surface area contributed by atoms with E-state index in [4.69, 9.17) is 16.3 Å². The third kappa shape index (κ3) is 4.42. The molecule has 136 valence electrons. The fourth-order valence-electron chi connectivity index (χ4n) is 3.21. The van der Waals surface area contributed by atoms with Crippen LogP contribution in [0, 0.1) is 0 Å². The summed E-state index contributed by atoms with van der Waals surface area (Å²) in [6, 6.07) is 16.7. The Morgan fingerprint density at radius 3 is 2.42 bits per heavy atom. The maximum atomic E-state index is 12.3. The van der Waals surface area contributed by atoms with Crippen LogP contribution in [0.5, 0.6) is 0 Å². The Hall–Kier alpha value is -2.37. The van der Waals surface area contributed by atoms with E-state index < -0.39 is 11.8 Å². The minimum atomic E-state index is -0.706. The van der Waals surface area contributed by atoms with E-state index in [1.54, 1.807) is 24.3 Å². The maximum absolute atomic E-state index is 12.3. The minimum Gasteiger partial charge on any atom is -0.381 e. The molecule has 0 bridgehead atoms. The molecule has 1 fully saturated rings. The number of anilines is 1. The van der Waals surface area contributed by atoms with Gasteiger partial charge < -0.3 is 15.4 Å². The number of nitrogens with one attached hydrogen (secondary N) is 2. The number of amides is 2. The highest BCUT2D eigenvalue weighted by Gasteiger charge is 2.35. The van der Waals surface area contributed by atoms with Crippen LogP contribution in [0.2, 0.25) is 5.02 Å². The first-order valence-corrected chi connectivity index (χ1v) is 8.95. The highest BCUT2D eigenvalue weighted by molar-refractivity contribution is 6.39. The lowest BCUT2D eigenvalue weighted by molar-refractivity contribution is -0.136. The first kappa shape index (κ1) is 18.4. The number of carbonyl (C=O) groups excluding carboxylic acids is 2. The minimum absolute atomic E-state index is 0.217. The monoisotopic (exact) mass is 372 g/mol. The van der Waals surface area contributed by atoms with E-state index >= 15 is 0 Å². The summed E-state index contributed by atoms with van der Waals surface area (Å²) in [5.41, 5.74) is 1.42. The SMILES string of the molecule is O=C(NCC1(c2ccccc2)CCOCC1)C(=O)Nc1cccc(Cl)c1. The summed E-state index contributed by atoms with van der Waals surface area (Å²) in [7, 11) is 0. The summed E-state index contributed by atoms with van der Waals surface area (Å²) >= 11 is 5.89.